The molecule has 0 spiro atoms. The zero-order chi connectivity index (χ0) is 24.5. The van der Waals surface area contributed by atoms with Crippen molar-refractivity contribution in [2.75, 3.05) is 18.1 Å². The number of nitrogens with zero attached hydrogens (tertiary/aromatic N) is 4. The Bertz CT molecular complexity index is 1210. The highest BCUT2D eigenvalue weighted by molar-refractivity contribution is 6.45. The second kappa shape index (κ2) is 9.90. The predicted octanol–water partition coefficient (Wildman–Crippen LogP) is 4.97. The quantitative estimate of drug-likeness (QED) is 0.333. The Morgan fingerprint density at radius 3 is 2.76 bits per heavy atom. The molecule has 0 N–H and O–H groups in total. The molecule has 4 rings (SSSR count). The lowest BCUT2D eigenvalue weighted by Gasteiger charge is -2.25. The monoisotopic (exact) mass is 504 g/mol. The lowest BCUT2D eigenvalue weighted by atomic mass is 10.1. The number of esters is 1. The van der Waals surface area contributed by atoms with Gasteiger partial charge >= 0.3 is 5.97 Å². The Kier molecular flexibility index (Phi) is 7.12. The number of rotatable bonds is 7. The van der Waals surface area contributed by atoms with Gasteiger partial charge in [0.15, 0.2) is 0 Å². The summed E-state index contributed by atoms with van der Waals surface area (Å²) in [5, 5.41) is 1.48. The number of carbonyl (C=O) groups excluding carboxylic acids is 2. The van der Waals surface area contributed by atoms with Gasteiger partial charge in [0.1, 0.15) is 11.4 Å². The van der Waals surface area contributed by atoms with Crippen molar-refractivity contribution < 1.29 is 19.1 Å². The van der Waals surface area contributed by atoms with Crippen LogP contribution in [0.25, 0.3) is 16.6 Å². The van der Waals surface area contributed by atoms with Crippen LogP contribution < -0.4 is 4.90 Å². The number of carbonyl (C=O) groups is 2. The average Bonchev–Trinajstić information content (AvgIpc) is 3.42. The van der Waals surface area contributed by atoms with Crippen LogP contribution in [0, 0.1) is 0 Å². The Hall–Kier alpha value is -2.68. The van der Waals surface area contributed by atoms with Gasteiger partial charge in [-0.3, -0.25) is 14.5 Å². The Labute approximate surface area is 207 Å². The van der Waals surface area contributed by atoms with Crippen LogP contribution in [0.3, 0.4) is 0 Å². The number of ether oxygens (including phenoxy) is 2. The van der Waals surface area contributed by atoms with Gasteiger partial charge in [-0.05, 0) is 39.3 Å². The van der Waals surface area contributed by atoms with Crippen LogP contribution in [0.1, 0.15) is 40.0 Å². The van der Waals surface area contributed by atoms with Crippen molar-refractivity contribution in [3.63, 3.8) is 0 Å². The zero-order valence-electron chi connectivity index (χ0n) is 19.3. The van der Waals surface area contributed by atoms with Crippen molar-refractivity contribution in [3.8, 4) is 5.69 Å². The Morgan fingerprint density at radius 1 is 1.26 bits per heavy atom. The summed E-state index contributed by atoms with van der Waals surface area (Å²) in [7, 11) is 0. The van der Waals surface area contributed by atoms with Gasteiger partial charge in [-0.1, -0.05) is 23.2 Å². The minimum absolute atomic E-state index is 0.0534. The molecule has 0 radical (unpaired) electrons. The minimum atomic E-state index is -0.537. The van der Waals surface area contributed by atoms with E-state index in [1.807, 2.05) is 43.7 Å². The molecule has 1 unspecified atom stereocenters. The summed E-state index contributed by atoms with van der Waals surface area (Å²) in [5.41, 5.74) is 0.741. The first-order chi connectivity index (χ1) is 16.1. The summed E-state index contributed by atoms with van der Waals surface area (Å²) < 4.78 is 12.9. The van der Waals surface area contributed by atoms with Crippen LogP contribution in [0.4, 0.5) is 5.82 Å². The van der Waals surface area contributed by atoms with Crippen molar-refractivity contribution >= 4 is 51.8 Å². The fourth-order valence-corrected chi connectivity index (χ4v) is 4.28. The molecule has 8 nitrogen and oxygen atoms in total. The number of pyridine rings is 1. The van der Waals surface area contributed by atoms with Gasteiger partial charge in [0.2, 0.25) is 5.91 Å². The van der Waals surface area contributed by atoms with Gasteiger partial charge in [0, 0.05) is 30.3 Å². The van der Waals surface area contributed by atoms with E-state index in [9.17, 15) is 9.59 Å². The van der Waals surface area contributed by atoms with Crippen LogP contribution >= 0.6 is 23.2 Å². The fourth-order valence-electron chi connectivity index (χ4n) is 3.92. The largest absolute Gasteiger partial charge is 0.460 e. The first-order valence-corrected chi connectivity index (χ1v) is 11.8. The molecule has 1 atom stereocenters. The number of anilines is 1. The average molecular weight is 505 g/mol. The van der Waals surface area contributed by atoms with Crippen LogP contribution in [-0.4, -0.2) is 51.3 Å². The normalized spacial score (nSPS) is 16.4. The standard InChI is InChI=1S/C24H26Cl2N4O4/c1-24(2,3)34-21(32)8-11-33-13-15-4-7-20(31)30(15)19-12-18(29-10-9-27-14-29)16-5-6-17(25)22(26)23(16)28-19/h5-6,9-10,12,14-15H,4,7-8,11,13H2,1-3H3. The van der Waals surface area contributed by atoms with Crippen LogP contribution in [0.15, 0.2) is 36.9 Å². The molecular weight excluding hydrogens is 479 g/mol. The summed E-state index contributed by atoms with van der Waals surface area (Å²) in [6, 6.07) is 5.19. The highest BCUT2D eigenvalue weighted by Crippen LogP contribution is 2.36. The van der Waals surface area contributed by atoms with E-state index in [0.29, 0.717) is 34.2 Å². The van der Waals surface area contributed by atoms with Crippen LogP contribution in [0.5, 0.6) is 0 Å². The number of halogens is 2. The highest BCUT2D eigenvalue weighted by atomic mass is 35.5. The van der Waals surface area contributed by atoms with Gasteiger partial charge in [-0.2, -0.15) is 0 Å². The fraction of sp³-hybridized carbons (Fsp3) is 0.417. The SMILES string of the molecule is CC(C)(C)OC(=O)CCOCC1CCC(=O)N1c1cc(-n2ccnc2)c2ccc(Cl)c(Cl)c2n1. The van der Waals surface area contributed by atoms with Gasteiger partial charge < -0.3 is 14.0 Å². The molecule has 1 aliphatic heterocycles. The number of hydrogen-bond donors (Lipinski definition) is 0. The molecule has 1 saturated heterocycles. The third kappa shape index (κ3) is 5.35. The van der Waals surface area contributed by atoms with E-state index in [-0.39, 0.29) is 37.6 Å². The number of amides is 1. The molecule has 3 aromatic rings. The van der Waals surface area contributed by atoms with Gasteiger partial charge in [-0.25, -0.2) is 9.97 Å². The van der Waals surface area contributed by atoms with E-state index in [1.165, 1.54) is 0 Å². The third-order valence-corrected chi connectivity index (χ3v) is 6.17. The molecule has 1 amide bonds. The van der Waals surface area contributed by atoms with Crippen molar-refractivity contribution in [2.45, 2.75) is 51.7 Å². The van der Waals surface area contributed by atoms with E-state index in [1.54, 1.807) is 23.5 Å². The number of fused-ring (bicyclic) bond motifs is 1. The molecule has 10 heteroatoms. The van der Waals surface area contributed by atoms with Crippen molar-refractivity contribution in [2.24, 2.45) is 0 Å². The molecule has 2 aromatic heterocycles. The molecular formula is C24H26Cl2N4O4. The Morgan fingerprint density at radius 2 is 2.06 bits per heavy atom. The van der Waals surface area contributed by atoms with Gasteiger partial charge in [-0.15, -0.1) is 0 Å². The number of benzene rings is 1. The molecule has 1 fully saturated rings. The minimum Gasteiger partial charge on any atom is -0.460 e. The summed E-state index contributed by atoms with van der Waals surface area (Å²) in [4.78, 5) is 35.3. The molecule has 0 bridgehead atoms. The van der Waals surface area contributed by atoms with Gasteiger partial charge in [0.25, 0.3) is 0 Å². The lowest BCUT2D eigenvalue weighted by Crippen LogP contribution is -2.37. The highest BCUT2D eigenvalue weighted by Gasteiger charge is 2.34. The number of hydrogen-bond acceptors (Lipinski definition) is 6. The molecule has 1 aromatic carbocycles. The molecule has 34 heavy (non-hydrogen) atoms. The second-order valence-electron chi connectivity index (χ2n) is 9.09. The summed E-state index contributed by atoms with van der Waals surface area (Å²) >= 11 is 12.8. The molecule has 0 saturated carbocycles. The van der Waals surface area contributed by atoms with Crippen LogP contribution in [0.2, 0.25) is 10.0 Å². The molecule has 180 valence electrons. The first kappa shape index (κ1) is 24.4. The van der Waals surface area contributed by atoms with Crippen molar-refractivity contribution in [1.82, 2.24) is 14.5 Å². The maximum atomic E-state index is 12.8. The summed E-state index contributed by atoms with van der Waals surface area (Å²) in [6.45, 7) is 5.95. The van der Waals surface area contributed by atoms with Crippen LogP contribution in [-0.2, 0) is 19.1 Å². The van der Waals surface area contributed by atoms with E-state index >= 15 is 0 Å². The topological polar surface area (TPSA) is 86.5 Å². The maximum absolute atomic E-state index is 12.8. The summed E-state index contributed by atoms with van der Waals surface area (Å²) in [6.07, 6.45) is 6.29. The molecule has 0 aliphatic carbocycles. The van der Waals surface area contributed by atoms with Gasteiger partial charge in [0.05, 0.1) is 53.3 Å². The van der Waals surface area contributed by atoms with E-state index < -0.39 is 5.60 Å². The van der Waals surface area contributed by atoms with E-state index in [2.05, 4.69) is 4.98 Å². The molecule has 1 aliphatic rings. The third-order valence-electron chi connectivity index (χ3n) is 5.37. The lowest BCUT2D eigenvalue weighted by molar-refractivity contribution is -0.156. The Balaban J connectivity index is 1.57. The summed E-state index contributed by atoms with van der Waals surface area (Å²) in [5.74, 6) is 0.0884. The van der Waals surface area contributed by atoms with E-state index in [4.69, 9.17) is 37.7 Å². The number of aromatic nitrogens is 3. The smallest absolute Gasteiger partial charge is 0.308 e. The zero-order valence-corrected chi connectivity index (χ0v) is 20.8. The van der Waals surface area contributed by atoms with E-state index in [0.717, 1.165) is 11.1 Å². The second-order valence-corrected chi connectivity index (χ2v) is 9.88. The number of imidazole rings is 1. The first-order valence-electron chi connectivity index (χ1n) is 11.0. The maximum Gasteiger partial charge on any atom is 0.308 e. The predicted molar refractivity (Wildman–Crippen MR) is 131 cm³/mol. The van der Waals surface area contributed by atoms with Crippen molar-refractivity contribution in [3.05, 3.63) is 47.0 Å². The molecule has 3 heterocycles. The van der Waals surface area contributed by atoms with Crippen molar-refractivity contribution in [1.29, 1.82) is 0 Å².